The highest BCUT2D eigenvalue weighted by Gasteiger charge is 2.27. The predicted octanol–water partition coefficient (Wildman–Crippen LogP) is 0.845. The molecule has 1 saturated heterocycles. The molecule has 1 fully saturated rings. The maximum absolute atomic E-state index is 13.4. The molecule has 0 radical (unpaired) electrons. The van der Waals surface area contributed by atoms with Crippen molar-refractivity contribution in [3.63, 3.8) is 0 Å². The van der Waals surface area contributed by atoms with Gasteiger partial charge in [0.05, 0.1) is 0 Å². The zero-order valence-corrected chi connectivity index (χ0v) is 12.3. The fourth-order valence-corrected chi connectivity index (χ4v) is 2.40. The van der Waals surface area contributed by atoms with Crippen LogP contribution in [-0.2, 0) is 14.3 Å². The van der Waals surface area contributed by atoms with Crippen molar-refractivity contribution < 1.29 is 27.9 Å². The van der Waals surface area contributed by atoms with Gasteiger partial charge in [0, 0.05) is 19.0 Å². The van der Waals surface area contributed by atoms with Crippen LogP contribution in [0.25, 0.3) is 0 Å². The van der Waals surface area contributed by atoms with Crippen molar-refractivity contribution in [2.75, 3.05) is 19.7 Å². The summed E-state index contributed by atoms with van der Waals surface area (Å²) in [7, 11) is 0. The molecule has 1 aliphatic heterocycles. The number of likely N-dealkylation sites (tertiary alicyclic amines) is 1. The van der Waals surface area contributed by atoms with E-state index in [1.54, 1.807) is 0 Å². The number of rotatable bonds is 4. The maximum Gasteiger partial charge on any atom is 0.344 e. The lowest BCUT2D eigenvalue weighted by atomic mass is 9.96. The molecule has 0 atom stereocenters. The van der Waals surface area contributed by atoms with E-state index in [0.29, 0.717) is 25.9 Å². The Morgan fingerprint density at radius 1 is 1.17 bits per heavy atom. The van der Waals surface area contributed by atoms with Crippen LogP contribution in [0.1, 0.15) is 23.2 Å². The molecule has 2 N–H and O–H groups in total. The van der Waals surface area contributed by atoms with E-state index in [0.717, 1.165) is 18.2 Å². The second-order valence-corrected chi connectivity index (χ2v) is 5.23. The first kappa shape index (κ1) is 16.9. The van der Waals surface area contributed by atoms with Crippen LogP contribution in [0.15, 0.2) is 18.2 Å². The number of carbonyl (C=O) groups is 3. The Kier molecular flexibility index (Phi) is 5.25. The van der Waals surface area contributed by atoms with Gasteiger partial charge in [-0.1, -0.05) is 6.07 Å². The Morgan fingerprint density at radius 3 is 2.26 bits per heavy atom. The van der Waals surface area contributed by atoms with Crippen molar-refractivity contribution in [3.8, 4) is 0 Å². The van der Waals surface area contributed by atoms with E-state index in [1.165, 1.54) is 4.90 Å². The normalized spacial score (nSPS) is 15.3. The molecule has 1 aliphatic rings. The number of piperidine rings is 1. The Morgan fingerprint density at radius 2 is 1.74 bits per heavy atom. The second-order valence-electron chi connectivity index (χ2n) is 5.23. The molecule has 0 spiro atoms. The van der Waals surface area contributed by atoms with Crippen molar-refractivity contribution in [1.29, 1.82) is 0 Å². The summed E-state index contributed by atoms with van der Waals surface area (Å²) in [6.07, 6.45) is 0.883. The van der Waals surface area contributed by atoms with Gasteiger partial charge in [0.25, 0.3) is 5.91 Å². The van der Waals surface area contributed by atoms with E-state index in [2.05, 4.69) is 4.74 Å². The number of esters is 1. The second kappa shape index (κ2) is 7.17. The summed E-state index contributed by atoms with van der Waals surface area (Å²) in [5.41, 5.74) is 4.37. The standard InChI is InChI=1S/C15H16F2N2O4/c16-10-2-1-3-11(17)13(10)15(22)23-8-12(20)19-6-4-9(5-7-19)14(18)21/h1-3,9H,4-8H2,(H2,18,21). The summed E-state index contributed by atoms with van der Waals surface area (Å²) >= 11 is 0. The molecule has 0 unspecified atom stereocenters. The number of hydrogen-bond donors (Lipinski definition) is 1. The average molecular weight is 326 g/mol. The highest BCUT2D eigenvalue weighted by atomic mass is 19.1. The number of hydrogen-bond acceptors (Lipinski definition) is 4. The van der Waals surface area contributed by atoms with E-state index in [1.807, 2.05) is 0 Å². The van der Waals surface area contributed by atoms with Gasteiger partial charge in [-0.25, -0.2) is 13.6 Å². The fourth-order valence-electron chi connectivity index (χ4n) is 2.40. The highest BCUT2D eigenvalue weighted by Crippen LogP contribution is 2.17. The summed E-state index contributed by atoms with van der Waals surface area (Å²) in [6, 6.07) is 2.97. The van der Waals surface area contributed by atoms with Crippen LogP contribution in [0.5, 0.6) is 0 Å². The molecular formula is C15H16F2N2O4. The van der Waals surface area contributed by atoms with E-state index in [4.69, 9.17) is 5.73 Å². The molecule has 6 nitrogen and oxygen atoms in total. The summed E-state index contributed by atoms with van der Waals surface area (Å²) in [5.74, 6) is -4.50. The minimum atomic E-state index is -1.24. The molecule has 8 heteroatoms. The highest BCUT2D eigenvalue weighted by molar-refractivity contribution is 5.91. The zero-order chi connectivity index (χ0) is 17.0. The summed E-state index contributed by atoms with van der Waals surface area (Å²) in [5, 5.41) is 0. The van der Waals surface area contributed by atoms with Crippen LogP contribution in [0.4, 0.5) is 8.78 Å². The molecule has 0 bridgehead atoms. The molecule has 1 aromatic rings. The van der Waals surface area contributed by atoms with Crippen molar-refractivity contribution in [3.05, 3.63) is 35.4 Å². The first-order chi connectivity index (χ1) is 10.9. The number of halogens is 2. The third kappa shape index (κ3) is 4.02. The Hall–Kier alpha value is -2.51. The van der Waals surface area contributed by atoms with Crippen LogP contribution >= 0.6 is 0 Å². The smallest absolute Gasteiger partial charge is 0.344 e. The third-order valence-corrected chi connectivity index (χ3v) is 3.74. The summed E-state index contributed by atoms with van der Waals surface area (Å²) in [6.45, 7) is 0.0178. The SMILES string of the molecule is NC(=O)C1CCN(C(=O)COC(=O)c2c(F)cccc2F)CC1. The van der Waals surface area contributed by atoms with Gasteiger partial charge in [-0.05, 0) is 25.0 Å². The molecule has 2 amide bonds. The van der Waals surface area contributed by atoms with E-state index in [9.17, 15) is 23.2 Å². The monoisotopic (exact) mass is 326 g/mol. The van der Waals surface area contributed by atoms with Crippen molar-refractivity contribution in [1.82, 2.24) is 4.90 Å². The maximum atomic E-state index is 13.4. The molecule has 0 aliphatic carbocycles. The van der Waals surface area contributed by atoms with E-state index < -0.39 is 41.6 Å². The van der Waals surface area contributed by atoms with Gasteiger partial charge in [0.1, 0.15) is 17.2 Å². The lowest BCUT2D eigenvalue weighted by molar-refractivity contribution is -0.137. The number of primary amides is 1. The van der Waals surface area contributed by atoms with Gasteiger partial charge < -0.3 is 15.4 Å². The van der Waals surface area contributed by atoms with Gasteiger partial charge in [0.2, 0.25) is 5.91 Å². The predicted molar refractivity (Wildman–Crippen MR) is 75.1 cm³/mol. The van der Waals surface area contributed by atoms with Gasteiger partial charge in [0.15, 0.2) is 6.61 Å². The number of carbonyl (C=O) groups excluding carboxylic acids is 3. The van der Waals surface area contributed by atoms with Crippen LogP contribution < -0.4 is 5.73 Å². The summed E-state index contributed by atoms with van der Waals surface area (Å²) < 4.78 is 31.5. The largest absolute Gasteiger partial charge is 0.452 e. The van der Waals surface area contributed by atoms with Gasteiger partial charge >= 0.3 is 5.97 Å². The summed E-state index contributed by atoms with van der Waals surface area (Å²) in [4.78, 5) is 36.1. The number of amides is 2. The number of ether oxygens (including phenoxy) is 1. The number of benzene rings is 1. The van der Waals surface area contributed by atoms with Crippen LogP contribution in [0, 0.1) is 17.6 Å². The Bertz CT molecular complexity index is 608. The number of nitrogens with two attached hydrogens (primary N) is 1. The van der Waals surface area contributed by atoms with Crippen LogP contribution in [0.2, 0.25) is 0 Å². The fraction of sp³-hybridized carbons (Fsp3) is 0.400. The van der Waals surface area contributed by atoms with Crippen LogP contribution in [-0.4, -0.2) is 42.4 Å². The van der Waals surface area contributed by atoms with Gasteiger partial charge in [-0.3, -0.25) is 9.59 Å². The Labute approximate surface area is 131 Å². The number of nitrogens with zero attached hydrogens (tertiary/aromatic N) is 1. The molecule has 0 aromatic heterocycles. The quantitative estimate of drug-likeness (QED) is 0.831. The minimum Gasteiger partial charge on any atom is -0.452 e. The molecule has 1 aromatic carbocycles. The minimum absolute atomic E-state index is 0.269. The molecule has 23 heavy (non-hydrogen) atoms. The van der Waals surface area contributed by atoms with Crippen molar-refractivity contribution in [2.24, 2.45) is 11.7 Å². The Balaban J connectivity index is 1.88. The molecule has 1 heterocycles. The lowest BCUT2D eigenvalue weighted by Gasteiger charge is -2.30. The van der Waals surface area contributed by atoms with Gasteiger partial charge in [-0.15, -0.1) is 0 Å². The molecular weight excluding hydrogens is 310 g/mol. The molecule has 0 saturated carbocycles. The van der Waals surface area contributed by atoms with E-state index >= 15 is 0 Å². The first-order valence-corrected chi connectivity index (χ1v) is 7.08. The van der Waals surface area contributed by atoms with Gasteiger partial charge in [-0.2, -0.15) is 0 Å². The average Bonchev–Trinajstić information content (AvgIpc) is 2.52. The zero-order valence-electron chi connectivity index (χ0n) is 12.3. The van der Waals surface area contributed by atoms with Crippen molar-refractivity contribution in [2.45, 2.75) is 12.8 Å². The van der Waals surface area contributed by atoms with E-state index in [-0.39, 0.29) is 5.92 Å². The lowest BCUT2D eigenvalue weighted by Crippen LogP contribution is -2.43. The van der Waals surface area contributed by atoms with Crippen LogP contribution in [0.3, 0.4) is 0 Å². The molecule has 2 rings (SSSR count). The third-order valence-electron chi connectivity index (χ3n) is 3.74. The first-order valence-electron chi connectivity index (χ1n) is 7.08. The topological polar surface area (TPSA) is 89.7 Å². The van der Waals surface area contributed by atoms with Crippen molar-refractivity contribution >= 4 is 17.8 Å². The molecule has 124 valence electrons.